The van der Waals surface area contributed by atoms with E-state index in [4.69, 9.17) is 4.74 Å². The first kappa shape index (κ1) is 15.2. The van der Waals surface area contributed by atoms with Crippen molar-refractivity contribution in [1.29, 1.82) is 0 Å². The van der Waals surface area contributed by atoms with E-state index in [9.17, 15) is 4.79 Å². The number of carbonyl (C=O) groups is 1. The summed E-state index contributed by atoms with van der Waals surface area (Å²) in [6.45, 7) is 6.37. The Morgan fingerprint density at radius 3 is 2.80 bits per heavy atom. The predicted molar refractivity (Wildman–Crippen MR) is 82.0 cm³/mol. The zero-order valence-corrected chi connectivity index (χ0v) is 13.2. The van der Waals surface area contributed by atoms with Crippen molar-refractivity contribution in [3.05, 3.63) is 34.9 Å². The molecule has 1 aliphatic carbocycles. The Bertz CT molecular complexity index is 492. The molecule has 1 aromatic rings. The summed E-state index contributed by atoms with van der Waals surface area (Å²) in [6, 6.07) is 6.32. The maximum atomic E-state index is 12.8. The van der Waals surface area contributed by atoms with Crippen molar-refractivity contribution < 1.29 is 9.53 Å². The summed E-state index contributed by atoms with van der Waals surface area (Å²) < 4.78 is 5.70. The smallest absolute Gasteiger partial charge is 0.168 e. The minimum Gasteiger partial charge on any atom is -0.370 e. The van der Waals surface area contributed by atoms with Gasteiger partial charge in [-0.2, -0.15) is 0 Å². The third-order valence-corrected chi connectivity index (χ3v) is 4.71. The van der Waals surface area contributed by atoms with Crippen LogP contribution in [0.25, 0.3) is 0 Å². The number of benzene rings is 1. The van der Waals surface area contributed by atoms with Crippen molar-refractivity contribution in [3.63, 3.8) is 0 Å². The molecule has 0 spiro atoms. The Kier molecular flexibility index (Phi) is 4.64. The topological polar surface area (TPSA) is 26.3 Å². The minimum absolute atomic E-state index is 0.250. The first-order chi connectivity index (χ1) is 9.47. The molecule has 1 aromatic carbocycles. The first-order valence-electron chi connectivity index (χ1n) is 7.61. The fourth-order valence-electron chi connectivity index (χ4n) is 3.38. The molecule has 0 radical (unpaired) electrons. The molecule has 2 unspecified atom stereocenters. The molecule has 2 atom stereocenters. The van der Waals surface area contributed by atoms with Gasteiger partial charge >= 0.3 is 0 Å². The lowest BCUT2D eigenvalue weighted by molar-refractivity contribution is -0.146. The van der Waals surface area contributed by atoms with E-state index >= 15 is 0 Å². The normalized spacial score (nSPS) is 26.5. The number of rotatable bonds is 4. The third-order valence-electron chi connectivity index (χ3n) is 4.71. The Morgan fingerprint density at radius 1 is 1.40 bits per heavy atom. The van der Waals surface area contributed by atoms with Crippen LogP contribution in [0.4, 0.5) is 0 Å². The average molecular weight is 274 g/mol. The van der Waals surface area contributed by atoms with Crippen LogP contribution >= 0.6 is 0 Å². The van der Waals surface area contributed by atoms with Gasteiger partial charge in [0.2, 0.25) is 0 Å². The lowest BCUT2D eigenvalue weighted by atomic mass is 9.75. The number of hydrogen-bond acceptors (Lipinski definition) is 2. The highest BCUT2D eigenvalue weighted by atomic mass is 16.5. The molecule has 1 aliphatic rings. The monoisotopic (exact) mass is 274 g/mol. The second kappa shape index (κ2) is 6.09. The van der Waals surface area contributed by atoms with Gasteiger partial charge in [-0.25, -0.2) is 0 Å². The van der Waals surface area contributed by atoms with Gasteiger partial charge in [0, 0.05) is 13.5 Å². The molecule has 20 heavy (non-hydrogen) atoms. The van der Waals surface area contributed by atoms with Gasteiger partial charge in [-0.1, -0.05) is 37.1 Å². The Morgan fingerprint density at radius 2 is 2.15 bits per heavy atom. The molecule has 0 saturated heterocycles. The lowest BCUT2D eigenvalue weighted by Crippen LogP contribution is -2.45. The van der Waals surface area contributed by atoms with Crippen LogP contribution in [0, 0.1) is 19.8 Å². The van der Waals surface area contributed by atoms with Crippen molar-refractivity contribution in [2.45, 2.75) is 58.5 Å². The SMILES string of the molecule is COC1(C(=O)Cc2cc(C)ccc2C)CCCC(C)C1. The van der Waals surface area contributed by atoms with E-state index in [1.165, 1.54) is 17.5 Å². The highest BCUT2D eigenvalue weighted by molar-refractivity contribution is 5.89. The predicted octanol–water partition coefficient (Wildman–Crippen LogP) is 4.01. The van der Waals surface area contributed by atoms with E-state index < -0.39 is 5.60 Å². The summed E-state index contributed by atoms with van der Waals surface area (Å²) in [5.74, 6) is 0.825. The second-order valence-corrected chi connectivity index (χ2v) is 6.43. The molecule has 1 saturated carbocycles. The number of aryl methyl sites for hydroxylation is 2. The van der Waals surface area contributed by atoms with Gasteiger partial charge in [0.05, 0.1) is 0 Å². The molecule has 110 valence electrons. The Balaban J connectivity index is 2.19. The second-order valence-electron chi connectivity index (χ2n) is 6.43. The summed E-state index contributed by atoms with van der Waals surface area (Å²) in [5, 5.41) is 0. The quantitative estimate of drug-likeness (QED) is 0.829. The van der Waals surface area contributed by atoms with E-state index in [-0.39, 0.29) is 5.78 Å². The molecule has 0 bridgehead atoms. The maximum Gasteiger partial charge on any atom is 0.168 e. The summed E-state index contributed by atoms with van der Waals surface area (Å²) >= 11 is 0. The summed E-state index contributed by atoms with van der Waals surface area (Å²) in [5.41, 5.74) is 3.00. The highest BCUT2D eigenvalue weighted by Crippen LogP contribution is 2.36. The molecule has 2 heteroatoms. The molecule has 2 nitrogen and oxygen atoms in total. The molecular weight excluding hydrogens is 248 g/mol. The first-order valence-corrected chi connectivity index (χ1v) is 7.61. The fourth-order valence-corrected chi connectivity index (χ4v) is 3.38. The Labute approximate surface area is 122 Å². The van der Waals surface area contributed by atoms with Crippen LogP contribution in [-0.2, 0) is 16.0 Å². The molecule has 0 heterocycles. The summed E-state index contributed by atoms with van der Waals surface area (Å²) in [6.07, 6.45) is 4.54. The van der Waals surface area contributed by atoms with Crippen molar-refractivity contribution >= 4 is 5.78 Å². The van der Waals surface area contributed by atoms with Gasteiger partial charge in [-0.15, -0.1) is 0 Å². The summed E-state index contributed by atoms with van der Waals surface area (Å²) in [7, 11) is 1.69. The van der Waals surface area contributed by atoms with Gasteiger partial charge in [0.15, 0.2) is 5.78 Å². The number of carbonyl (C=O) groups excluding carboxylic acids is 1. The lowest BCUT2D eigenvalue weighted by Gasteiger charge is -2.37. The standard InChI is InChI=1S/C18H26O2/c1-13-7-8-15(3)16(10-13)11-17(19)18(20-4)9-5-6-14(2)12-18/h7-8,10,14H,5-6,9,11-12H2,1-4H3. The molecule has 0 aromatic heterocycles. The molecular formula is C18H26O2. The zero-order chi connectivity index (χ0) is 14.8. The number of hydrogen-bond donors (Lipinski definition) is 0. The average Bonchev–Trinajstić information content (AvgIpc) is 2.42. The Hall–Kier alpha value is -1.15. The van der Waals surface area contributed by atoms with E-state index in [1.54, 1.807) is 7.11 Å². The molecule has 0 amide bonds. The van der Waals surface area contributed by atoms with Crippen molar-refractivity contribution in [3.8, 4) is 0 Å². The number of Topliss-reactive ketones (excluding diaryl/α,β-unsaturated/α-hetero) is 1. The van der Waals surface area contributed by atoms with Gasteiger partial charge in [0.25, 0.3) is 0 Å². The van der Waals surface area contributed by atoms with E-state index in [2.05, 4.69) is 39.0 Å². The van der Waals surface area contributed by atoms with Crippen LogP contribution < -0.4 is 0 Å². The van der Waals surface area contributed by atoms with Gasteiger partial charge in [-0.05, 0) is 50.2 Å². The van der Waals surface area contributed by atoms with E-state index in [0.29, 0.717) is 12.3 Å². The molecule has 0 aliphatic heterocycles. The third kappa shape index (κ3) is 3.12. The van der Waals surface area contributed by atoms with Gasteiger partial charge < -0.3 is 4.74 Å². The number of ether oxygens (including phenoxy) is 1. The van der Waals surface area contributed by atoms with Crippen LogP contribution in [0.15, 0.2) is 18.2 Å². The van der Waals surface area contributed by atoms with Crippen LogP contribution in [0.3, 0.4) is 0 Å². The number of ketones is 1. The van der Waals surface area contributed by atoms with Crippen LogP contribution in [-0.4, -0.2) is 18.5 Å². The number of methoxy groups -OCH3 is 1. The van der Waals surface area contributed by atoms with E-state index in [1.807, 2.05) is 0 Å². The van der Waals surface area contributed by atoms with Crippen LogP contribution in [0.1, 0.15) is 49.3 Å². The van der Waals surface area contributed by atoms with Crippen molar-refractivity contribution in [2.24, 2.45) is 5.92 Å². The zero-order valence-electron chi connectivity index (χ0n) is 13.2. The largest absolute Gasteiger partial charge is 0.370 e. The van der Waals surface area contributed by atoms with Crippen molar-refractivity contribution in [2.75, 3.05) is 7.11 Å². The van der Waals surface area contributed by atoms with Crippen LogP contribution in [0.2, 0.25) is 0 Å². The van der Waals surface area contributed by atoms with Crippen LogP contribution in [0.5, 0.6) is 0 Å². The molecule has 1 fully saturated rings. The van der Waals surface area contributed by atoms with E-state index in [0.717, 1.165) is 24.8 Å². The fraction of sp³-hybridized carbons (Fsp3) is 0.611. The maximum absolute atomic E-state index is 12.8. The minimum atomic E-state index is -0.548. The molecule has 0 N–H and O–H groups in total. The highest BCUT2D eigenvalue weighted by Gasteiger charge is 2.41. The van der Waals surface area contributed by atoms with Gasteiger partial charge in [0.1, 0.15) is 5.60 Å². The van der Waals surface area contributed by atoms with Gasteiger partial charge in [-0.3, -0.25) is 4.79 Å². The summed E-state index contributed by atoms with van der Waals surface area (Å²) in [4.78, 5) is 12.8. The molecule has 2 rings (SSSR count). The van der Waals surface area contributed by atoms with Crippen molar-refractivity contribution in [1.82, 2.24) is 0 Å².